The fraction of sp³-hybridized carbons (Fsp3) is 0.571. The first kappa shape index (κ1) is 13.1. The lowest BCUT2D eigenvalue weighted by molar-refractivity contribution is -0.108. The maximum absolute atomic E-state index is 12.5. The summed E-state index contributed by atoms with van der Waals surface area (Å²) in [6, 6.07) is 5.52. The van der Waals surface area contributed by atoms with Gasteiger partial charge in [-0.25, -0.2) is 8.42 Å². The van der Waals surface area contributed by atoms with Crippen molar-refractivity contribution in [3.63, 3.8) is 0 Å². The van der Waals surface area contributed by atoms with E-state index in [0.29, 0.717) is 18.0 Å². The molecule has 0 bridgehead atoms. The summed E-state index contributed by atoms with van der Waals surface area (Å²) in [5, 5.41) is 0. The van der Waals surface area contributed by atoms with Crippen molar-refractivity contribution in [2.45, 2.75) is 43.4 Å². The first-order valence-electron chi connectivity index (χ1n) is 6.95. The summed E-state index contributed by atoms with van der Waals surface area (Å²) < 4.78 is 26.1. The molecule has 1 heterocycles. The Kier molecular flexibility index (Phi) is 3.60. The molecule has 0 aromatic heterocycles. The van der Waals surface area contributed by atoms with Gasteiger partial charge in [-0.05, 0) is 61.8 Å². The average Bonchev–Trinajstić information content (AvgIpc) is 2.47. The number of hydroxylamine groups is 1. The molecule has 19 heavy (non-hydrogen) atoms. The summed E-state index contributed by atoms with van der Waals surface area (Å²) in [5.74, 6) is 0. The van der Waals surface area contributed by atoms with Crippen LogP contribution in [-0.2, 0) is 27.7 Å². The fourth-order valence-corrected chi connectivity index (χ4v) is 4.10. The zero-order chi connectivity index (χ0) is 13.3. The monoisotopic (exact) mass is 281 g/mol. The standard InChI is InChI=1S/C14H19NO3S/c16-19(17,15-9-3-4-10-18-15)14-8-7-12-5-1-2-6-13(12)11-14/h7-8,11H,1-6,9-10H2. The van der Waals surface area contributed by atoms with Crippen LogP contribution >= 0.6 is 0 Å². The van der Waals surface area contributed by atoms with E-state index in [4.69, 9.17) is 4.84 Å². The number of fused-ring (bicyclic) bond motifs is 1. The highest BCUT2D eigenvalue weighted by Crippen LogP contribution is 2.26. The van der Waals surface area contributed by atoms with Gasteiger partial charge in [0, 0.05) is 6.54 Å². The third kappa shape index (κ3) is 2.55. The SMILES string of the molecule is O=S(=O)(c1ccc2c(c1)CCCC2)N1CCCCO1. The Morgan fingerprint density at radius 1 is 1.00 bits per heavy atom. The zero-order valence-electron chi connectivity index (χ0n) is 11.0. The lowest BCUT2D eigenvalue weighted by Crippen LogP contribution is -2.35. The largest absolute Gasteiger partial charge is 0.284 e. The molecular weight excluding hydrogens is 262 g/mol. The molecule has 0 saturated carbocycles. The molecule has 1 fully saturated rings. The first-order valence-corrected chi connectivity index (χ1v) is 8.39. The summed E-state index contributed by atoms with van der Waals surface area (Å²) in [5.41, 5.74) is 2.48. The zero-order valence-corrected chi connectivity index (χ0v) is 11.8. The van der Waals surface area contributed by atoms with E-state index in [1.54, 1.807) is 6.07 Å². The molecule has 0 amide bonds. The molecular formula is C14H19NO3S. The van der Waals surface area contributed by atoms with Crippen molar-refractivity contribution in [3.05, 3.63) is 29.3 Å². The molecule has 104 valence electrons. The van der Waals surface area contributed by atoms with Gasteiger partial charge in [0.1, 0.15) is 0 Å². The van der Waals surface area contributed by atoms with Gasteiger partial charge in [-0.3, -0.25) is 4.84 Å². The van der Waals surface area contributed by atoms with Crippen molar-refractivity contribution in [1.29, 1.82) is 0 Å². The van der Waals surface area contributed by atoms with Gasteiger partial charge < -0.3 is 0 Å². The lowest BCUT2D eigenvalue weighted by atomic mass is 9.92. The average molecular weight is 281 g/mol. The molecule has 3 rings (SSSR count). The molecule has 2 aliphatic rings. The molecule has 0 unspecified atom stereocenters. The van der Waals surface area contributed by atoms with Gasteiger partial charge in [-0.1, -0.05) is 10.5 Å². The van der Waals surface area contributed by atoms with Crippen molar-refractivity contribution in [3.8, 4) is 0 Å². The van der Waals surface area contributed by atoms with Crippen LogP contribution in [0.25, 0.3) is 0 Å². The summed E-state index contributed by atoms with van der Waals surface area (Å²) in [6.07, 6.45) is 6.20. The second kappa shape index (κ2) is 5.23. The maximum Gasteiger partial charge on any atom is 0.265 e. The minimum absolute atomic E-state index is 0.370. The van der Waals surface area contributed by atoms with Crippen LogP contribution in [0.3, 0.4) is 0 Å². The Morgan fingerprint density at radius 2 is 1.79 bits per heavy atom. The van der Waals surface area contributed by atoms with Crippen LogP contribution in [0, 0.1) is 0 Å². The predicted octanol–water partition coefficient (Wildman–Crippen LogP) is 2.28. The van der Waals surface area contributed by atoms with Gasteiger partial charge >= 0.3 is 0 Å². The van der Waals surface area contributed by atoms with E-state index in [-0.39, 0.29) is 0 Å². The van der Waals surface area contributed by atoms with Gasteiger partial charge in [-0.15, -0.1) is 0 Å². The molecule has 1 aromatic rings. The molecule has 0 spiro atoms. The van der Waals surface area contributed by atoms with Crippen molar-refractivity contribution in [2.75, 3.05) is 13.2 Å². The van der Waals surface area contributed by atoms with Gasteiger partial charge in [0.25, 0.3) is 10.0 Å². The molecule has 5 heteroatoms. The third-order valence-corrected chi connectivity index (χ3v) is 5.53. The molecule has 1 aromatic carbocycles. The second-order valence-corrected chi connectivity index (χ2v) is 7.04. The van der Waals surface area contributed by atoms with Crippen LogP contribution in [0.5, 0.6) is 0 Å². The van der Waals surface area contributed by atoms with E-state index < -0.39 is 10.0 Å². The summed E-state index contributed by atoms with van der Waals surface area (Å²) in [7, 11) is -3.48. The van der Waals surface area contributed by atoms with E-state index in [2.05, 4.69) is 0 Å². The second-order valence-electron chi connectivity index (χ2n) is 5.21. The van der Waals surface area contributed by atoms with Crippen LogP contribution in [0.4, 0.5) is 0 Å². The van der Waals surface area contributed by atoms with Crippen LogP contribution in [0.15, 0.2) is 23.1 Å². The highest BCUT2D eigenvalue weighted by molar-refractivity contribution is 7.89. The van der Waals surface area contributed by atoms with Gasteiger partial charge in [0.15, 0.2) is 0 Å². The van der Waals surface area contributed by atoms with Crippen LogP contribution < -0.4 is 0 Å². The maximum atomic E-state index is 12.5. The topological polar surface area (TPSA) is 46.6 Å². The first-order chi connectivity index (χ1) is 9.18. The summed E-state index contributed by atoms with van der Waals surface area (Å²) in [6.45, 7) is 0.948. The van der Waals surface area contributed by atoms with Crippen LogP contribution in [-0.4, -0.2) is 26.0 Å². The van der Waals surface area contributed by atoms with Crippen molar-refractivity contribution >= 4 is 10.0 Å². The minimum atomic E-state index is -3.48. The van der Waals surface area contributed by atoms with E-state index >= 15 is 0 Å². The summed E-state index contributed by atoms with van der Waals surface area (Å²) in [4.78, 5) is 5.66. The normalized spacial score (nSPS) is 21.1. The van der Waals surface area contributed by atoms with Crippen molar-refractivity contribution in [1.82, 2.24) is 4.47 Å². The Labute approximate surface area is 114 Å². The Balaban J connectivity index is 1.92. The van der Waals surface area contributed by atoms with Crippen LogP contribution in [0.2, 0.25) is 0 Å². The number of rotatable bonds is 2. The van der Waals surface area contributed by atoms with E-state index in [0.717, 1.165) is 36.6 Å². The van der Waals surface area contributed by atoms with Crippen LogP contribution in [0.1, 0.15) is 36.8 Å². The van der Waals surface area contributed by atoms with Crippen molar-refractivity contribution in [2.24, 2.45) is 0 Å². The smallest absolute Gasteiger partial charge is 0.265 e. The number of hydrogen-bond donors (Lipinski definition) is 0. The molecule has 1 saturated heterocycles. The predicted molar refractivity (Wildman–Crippen MR) is 72.2 cm³/mol. The van der Waals surface area contributed by atoms with Gasteiger partial charge in [-0.2, -0.15) is 0 Å². The molecule has 4 nitrogen and oxygen atoms in total. The minimum Gasteiger partial charge on any atom is -0.284 e. The third-order valence-electron chi connectivity index (χ3n) is 3.86. The van der Waals surface area contributed by atoms with Crippen molar-refractivity contribution < 1.29 is 13.3 Å². The number of sulfonamides is 1. The molecule has 0 radical (unpaired) electrons. The Morgan fingerprint density at radius 3 is 2.53 bits per heavy atom. The van der Waals surface area contributed by atoms with Gasteiger partial charge in [0.05, 0.1) is 11.5 Å². The summed E-state index contributed by atoms with van der Waals surface area (Å²) >= 11 is 0. The molecule has 1 aliphatic carbocycles. The Hall–Kier alpha value is -0.910. The van der Waals surface area contributed by atoms with E-state index in [9.17, 15) is 8.42 Å². The molecule has 0 N–H and O–H groups in total. The molecule has 0 atom stereocenters. The fourth-order valence-electron chi connectivity index (χ4n) is 2.75. The van der Waals surface area contributed by atoms with Gasteiger partial charge in [0.2, 0.25) is 0 Å². The Bertz CT molecular complexity index is 562. The van der Waals surface area contributed by atoms with E-state index in [1.807, 2.05) is 12.1 Å². The quantitative estimate of drug-likeness (QED) is 0.835. The highest BCUT2D eigenvalue weighted by Gasteiger charge is 2.28. The number of hydrogen-bond acceptors (Lipinski definition) is 3. The number of aryl methyl sites for hydroxylation is 2. The lowest BCUT2D eigenvalue weighted by Gasteiger charge is -2.26. The molecule has 1 aliphatic heterocycles. The number of nitrogens with zero attached hydrogens (tertiary/aromatic N) is 1. The highest BCUT2D eigenvalue weighted by atomic mass is 32.2. The number of benzene rings is 1. The van der Waals surface area contributed by atoms with E-state index in [1.165, 1.54) is 17.5 Å².